The number of hydrogen-bond donors (Lipinski definition) is 2. The van der Waals surface area contributed by atoms with E-state index in [0.29, 0.717) is 30.1 Å². The first-order chi connectivity index (χ1) is 11.9. The number of nitrogens with zero attached hydrogens (tertiary/aromatic N) is 1. The minimum Gasteiger partial charge on any atom is -0.507 e. The van der Waals surface area contributed by atoms with E-state index in [2.05, 4.69) is 0 Å². The van der Waals surface area contributed by atoms with Crippen molar-refractivity contribution in [1.82, 2.24) is 4.90 Å². The van der Waals surface area contributed by atoms with E-state index < -0.39 is 17.6 Å². The van der Waals surface area contributed by atoms with Crippen molar-refractivity contribution < 1.29 is 23.8 Å². The summed E-state index contributed by atoms with van der Waals surface area (Å²) < 4.78 is 26.5. The van der Waals surface area contributed by atoms with E-state index in [1.165, 1.54) is 24.3 Å². The molecule has 1 saturated heterocycles. The van der Waals surface area contributed by atoms with Crippen LogP contribution < -0.4 is 0 Å². The van der Waals surface area contributed by atoms with Crippen LogP contribution in [0.5, 0.6) is 5.75 Å². The molecule has 0 bridgehead atoms. The molecule has 7 heteroatoms. The highest BCUT2D eigenvalue weighted by atomic mass is 32.2. The van der Waals surface area contributed by atoms with Gasteiger partial charge in [-0.25, -0.2) is 13.6 Å². The van der Waals surface area contributed by atoms with Gasteiger partial charge in [-0.3, -0.25) is 4.90 Å². The molecule has 1 aliphatic heterocycles. The van der Waals surface area contributed by atoms with Crippen LogP contribution in [0.1, 0.15) is 21.5 Å². The Morgan fingerprint density at radius 1 is 1.20 bits per heavy atom. The number of carbonyl (C=O) groups is 1. The van der Waals surface area contributed by atoms with Crippen LogP contribution in [0.3, 0.4) is 0 Å². The number of phenols is 1. The molecule has 1 fully saturated rings. The SMILES string of the molecule is O=C(O)c1cc(C=C2CN(Cc3cc(F)cc(F)c3)CS2)ccc1O. The Morgan fingerprint density at radius 3 is 2.60 bits per heavy atom. The van der Waals surface area contributed by atoms with Crippen molar-refractivity contribution in [2.75, 3.05) is 12.4 Å². The van der Waals surface area contributed by atoms with Crippen molar-refractivity contribution >= 4 is 23.8 Å². The van der Waals surface area contributed by atoms with Crippen LogP contribution in [0.25, 0.3) is 6.08 Å². The predicted molar refractivity (Wildman–Crippen MR) is 92.3 cm³/mol. The van der Waals surface area contributed by atoms with E-state index >= 15 is 0 Å². The zero-order valence-electron chi connectivity index (χ0n) is 13.1. The van der Waals surface area contributed by atoms with Crippen molar-refractivity contribution in [3.63, 3.8) is 0 Å². The summed E-state index contributed by atoms with van der Waals surface area (Å²) in [5.74, 6) is -1.98. The fourth-order valence-electron chi connectivity index (χ4n) is 2.64. The van der Waals surface area contributed by atoms with Crippen LogP contribution in [-0.4, -0.2) is 33.5 Å². The number of carboxylic acid groups (broad SMARTS) is 1. The number of thioether (sulfide) groups is 1. The van der Waals surface area contributed by atoms with Gasteiger partial charge in [-0.1, -0.05) is 6.07 Å². The molecule has 2 aromatic carbocycles. The zero-order valence-corrected chi connectivity index (χ0v) is 13.9. The van der Waals surface area contributed by atoms with Crippen LogP contribution in [0.2, 0.25) is 0 Å². The second kappa shape index (κ2) is 7.25. The molecule has 25 heavy (non-hydrogen) atoms. The van der Waals surface area contributed by atoms with Crippen LogP contribution in [-0.2, 0) is 6.54 Å². The number of benzene rings is 2. The third kappa shape index (κ3) is 4.37. The second-order valence-corrected chi connectivity index (χ2v) is 6.80. The fourth-order valence-corrected chi connectivity index (χ4v) is 3.66. The van der Waals surface area contributed by atoms with Gasteiger partial charge in [-0.05, 0) is 41.5 Å². The molecule has 0 spiro atoms. The maximum atomic E-state index is 13.3. The van der Waals surface area contributed by atoms with Gasteiger partial charge in [0.25, 0.3) is 0 Å². The van der Waals surface area contributed by atoms with Gasteiger partial charge in [0.15, 0.2) is 0 Å². The lowest BCUT2D eigenvalue weighted by Crippen LogP contribution is -2.18. The summed E-state index contributed by atoms with van der Waals surface area (Å²) in [6.45, 7) is 1.03. The topological polar surface area (TPSA) is 60.8 Å². The average Bonchev–Trinajstić information content (AvgIpc) is 2.95. The first-order valence-corrected chi connectivity index (χ1v) is 8.46. The Labute approximate surface area is 147 Å². The number of halogens is 2. The summed E-state index contributed by atoms with van der Waals surface area (Å²) in [4.78, 5) is 14.1. The molecule has 0 aromatic heterocycles. The number of rotatable bonds is 4. The number of aromatic carboxylic acids is 1. The molecule has 3 rings (SSSR count). The Morgan fingerprint density at radius 2 is 1.92 bits per heavy atom. The lowest BCUT2D eigenvalue weighted by atomic mass is 10.1. The van der Waals surface area contributed by atoms with E-state index in [4.69, 9.17) is 5.11 Å². The van der Waals surface area contributed by atoms with Crippen LogP contribution in [0.15, 0.2) is 41.3 Å². The zero-order chi connectivity index (χ0) is 18.0. The Balaban J connectivity index is 1.71. The standard InChI is InChI=1S/C18H15F2NO3S/c19-13-3-12(4-14(20)7-13)8-21-9-15(25-10-21)5-11-1-2-17(22)16(6-11)18(23)24/h1-7,22H,8-10H2,(H,23,24). The highest BCUT2D eigenvalue weighted by Crippen LogP contribution is 2.30. The molecule has 0 atom stereocenters. The van der Waals surface area contributed by atoms with Gasteiger partial charge >= 0.3 is 5.97 Å². The van der Waals surface area contributed by atoms with Crippen molar-refractivity contribution in [2.24, 2.45) is 0 Å². The van der Waals surface area contributed by atoms with E-state index in [-0.39, 0.29) is 11.3 Å². The van der Waals surface area contributed by atoms with Crippen LogP contribution in [0.4, 0.5) is 8.78 Å². The van der Waals surface area contributed by atoms with Gasteiger partial charge in [0, 0.05) is 29.9 Å². The summed E-state index contributed by atoms with van der Waals surface area (Å²) >= 11 is 1.58. The molecule has 0 saturated carbocycles. The maximum absolute atomic E-state index is 13.3. The lowest BCUT2D eigenvalue weighted by Gasteiger charge is -2.13. The molecule has 0 amide bonds. The van der Waals surface area contributed by atoms with E-state index in [1.807, 2.05) is 11.0 Å². The molecule has 1 aliphatic rings. The molecule has 4 nitrogen and oxygen atoms in total. The molecule has 0 aliphatic carbocycles. The van der Waals surface area contributed by atoms with E-state index in [9.17, 15) is 18.7 Å². The summed E-state index contributed by atoms with van der Waals surface area (Å²) in [7, 11) is 0. The quantitative estimate of drug-likeness (QED) is 0.862. The van der Waals surface area contributed by atoms with Crippen molar-refractivity contribution in [1.29, 1.82) is 0 Å². The summed E-state index contributed by atoms with van der Waals surface area (Å²) in [5, 5.41) is 18.6. The highest BCUT2D eigenvalue weighted by Gasteiger charge is 2.18. The first-order valence-electron chi connectivity index (χ1n) is 7.48. The fraction of sp³-hybridized carbons (Fsp3) is 0.167. The van der Waals surface area contributed by atoms with E-state index in [1.54, 1.807) is 17.8 Å². The molecular formula is C18H15F2NO3S. The van der Waals surface area contributed by atoms with Gasteiger partial charge in [0.1, 0.15) is 22.9 Å². The minimum atomic E-state index is -1.19. The van der Waals surface area contributed by atoms with Crippen LogP contribution in [0, 0.1) is 11.6 Å². The van der Waals surface area contributed by atoms with Crippen molar-refractivity contribution in [2.45, 2.75) is 6.54 Å². The van der Waals surface area contributed by atoms with Gasteiger partial charge in [-0.2, -0.15) is 0 Å². The largest absolute Gasteiger partial charge is 0.507 e. The highest BCUT2D eigenvalue weighted by molar-refractivity contribution is 8.03. The van der Waals surface area contributed by atoms with Gasteiger partial charge in [-0.15, -0.1) is 11.8 Å². The molecule has 2 N–H and O–H groups in total. The van der Waals surface area contributed by atoms with Gasteiger partial charge < -0.3 is 10.2 Å². The maximum Gasteiger partial charge on any atom is 0.339 e. The van der Waals surface area contributed by atoms with Crippen molar-refractivity contribution in [3.05, 3.63) is 69.6 Å². The Kier molecular flexibility index (Phi) is 5.06. The Bertz CT molecular complexity index is 834. The van der Waals surface area contributed by atoms with Gasteiger partial charge in [0.05, 0.1) is 0 Å². The van der Waals surface area contributed by atoms with E-state index in [0.717, 1.165) is 11.0 Å². The molecule has 130 valence electrons. The molecular weight excluding hydrogens is 348 g/mol. The minimum absolute atomic E-state index is 0.149. The average molecular weight is 363 g/mol. The number of hydrogen-bond acceptors (Lipinski definition) is 4. The summed E-state index contributed by atoms with van der Waals surface area (Å²) in [5.41, 5.74) is 1.10. The lowest BCUT2D eigenvalue weighted by molar-refractivity contribution is 0.0693. The van der Waals surface area contributed by atoms with Crippen LogP contribution >= 0.6 is 11.8 Å². The summed E-state index contributed by atoms with van der Waals surface area (Å²) in [6, 6.07) is 7.88. The smallest absolute Gasteiger partial charge is 0.339 e. The van der Waals surface area contributed by atoms with Crippen molar-refractivity contribution in [3.8, 4) is 5.75 Å². The van der Waals surface area contributed by atoms with Gasteiger partial charge in [0.2, 0.25) is 0 Å². The number of carboxylic acids is 1. The molecule has 2 aromatic rings. The third-order valence-corrected chi connectivity index (χ3v) is 4.83. The molecule has 0 radical (unpaired) electrons. The first kappa shape index (κ1) is 17.4. The Hall–Kier alpha value is -2.38. The molecule has 0 unspecified atom stereocenters. The summed E-state index contributed by atoms with van der Waals surface area (Å²) in [6.07, 6.45) is 1.85. The normalized spacial score (nSPS) is 16.5. The third-order valence-electron chi connectivity index (χ3n) is 3.72. The second-order valence-electron chi connectivity index (χ2n) is 5.73. The monoisotopic (exact) mass is 363 g/mol. The number of aromatic hydroxyl groups is 1. The molecule has 1 heterocycles. The predicted octanol–water partition coefficient (Wildman–Crippen LogP) is 3.92.